The molecule has 10 atom stereocenters. The number of carboxylic acids is 4. The molecule has 0 bridgehead atoms. The zero-order chi connectivity index (χ0) is 107. The highest BCUT2D eigenvalue weighted by Crippen LogP contribution is 2.35. The van der Waals surface area contributed by atoms with Crippen molar-refractivity contribution in [1.82, 2.24) is 93.2 Å². The number of carbonyl (C=O) groups is 21. The molecule has 0 saturated carbocycles. The van der Waals surface area contributed by atoms with Crippen LogP contribution in [0.1, 0.15) is 144 Å². The summed E-state index contributed by atoms with van der Waals surface area (Å²) < 4.78 is 16.9. The third-order valence-corrected chi connectivity index (χ3v) is 25.9. The Morgan fingerprint density at radius 3 is 1.43 bits per heavy atom. The van der Waals surface area contributed by atoms with Gasteiger partial charge in [0.1, 0.15) is 54.4 Å². The third kappa shape index (κ3) is 46.1. The van der Waals surface area contributed by atoms with Gasteiger partial charge in [0.05, 0.1) is 81.4 Å². The number of aliphatic hydroxyl groups excluding tert-OH is 1. The van der Waals surface area contributed by atoms with E-state index in [1.54, 1.807) is 52.0 Å². The van der Waals surface area contributed by atoms with E-state index < -0.39 is 232 Å². The number of rotatable bonds is 66. The van der Waals surface area contributed by atoms with E-state index in [1.165, 1.54) is 41.0 Å². The SMILES string of the molecule is CCCC[C@H](NC(=O)CCC(=O)NCCCOCCOCCOCCCNC(=O)CN1CCN(CC(=O)O)CCN(CC(=O)O)CCN(CC(=O)O)CC1)C(=O)N[C@@H](CSC1=C(SC[C@H](NC(=O)[C@H](Cc2ccccc2)NC(=O)[C@H](CCC(N)=O)NC(=O)C[C@@H](C)O)C(=O)N[C@@H](CC(=O)O)C(=O)NCc2ccc(C(=O)N[C@@H](CCCNC(=N)N)C(N)=O)cc2)C(=O)NC1=O)C(=O)N1CCC[C@H]1C(=O)N1CCC[C@H]1C(N)=O. The highest BCUT2D eigenvalue weighted by Gasteiger charge is 2.45. The lowest BCUT2D eigenvalue weighted by atomic mass is 10.0. The van der Waals surface area contributed by atoms with Crippen LogP contribution in [0.3, 0.4) is 0 Å². The summed E-state index contributed by atoms with van der Waals surface area (Å²) >= 11 is 1.00. The summed E-state index contributed by atoms with van der Waals surface area (Å²) in [5.41, 5.74) is 22.8. The number of aliphatic carboxylic acids is 4. The summed E-state index contributed by atoms with van der Waals surface area (Å²) in [6.07, 6.45) is -1.77. The second-order valence-corrected chi connectivity index (χ2v) is 37.2. The first kappa shape index (κ1) is 122. The minimum Gasteiger partial charge on any atom is -0.481 e. The number of hydrogen-bond donors (Lipinski definition) is 22. The van der Waals surface area contributed by atoms with Gasteiger partial charge in [-0.25, -0.2) is 0 Å². The number of nitrogens with two attached hydrogens (primary N) is 4. The lowest BCUT2D eigenvalue weighted by Crippen LogP contribution is -2.59. The Bertz CT molecular complexity index is 4800. The molecule has 54 heteroatoms. The largest absolute Gasteiger partial charge is 0.481 e. The van der Waals surface area contributed by atoms with Crippen LogP contribution < -0.4 is 86.7 Å². The van der Waals surface area contributed by atoms with Gasteiger partial charge in [-0.2, -0.15) is 0 Å². The fourth-order valence-corrected chi connectivity index (χ4v) is 18.1. The molecule has 6 rings (SSSR count). The molecule has 0 aliphatic carbocycles. The summed E-state index contributed by atoms with van der Waals surface area (Å²) in [7, 11) is 0. The third-order valence-electron chi connectivity index (χ3n) is 23.4. The van der Waals surface area contributed by atoms with Gasteiger partial charge < -0.3 is 131 Å². The Hall–Kier alpha value is -13.1. The summed E-state index contributed by atoms with van der Waals surface area (Å²) in [4.78, 5) is 291. The predicted octanol–water partition coefficient (Wildman–Crippen LogP) is -6.88. The molecule has 2 aromatic carbocycles. The fourth-order valence-electron chi connectivity index (χ4n) is 15.8. The monoisotopic (exact) mass is 2090 g/mol. The van der Waals surface area contributed by atoms with Crippen molar-refractivity contribution in [1.29, 1.82) is 5.41 Å². The number of hydrogen-bond acceptors (Lipinski definition) is 32. The Labute approximate surface area is 851 Å². The first-order valence-electron chi connectivity index (χ1n) is 48.2. The number of carboxylic acid groups (broad SMARTS) is 4. The number of likely N-dealkylation sites (tertiary alicyclic amines) is 2. The number of carbonyl (C=O) groups excluding carboxylic acids is 17. The molecule has 0 aromatic heterocycles. The average Bonchev–Trinajstić information content (AvgIpc) is 1.64. The Morgan fingerprint density at radius 2 is 0.911 bits per heavy atom. The van der Waals surface area contributed by atoms with Gasteiger partial charge in [0.15, 0.2) is 5.96 Å². The lowest BCUT2D eigenvalue weighted by Gasteiger charge is -2.33. The summed E-state index contributed by atoms with van der Waals surface area (Å²) in [6, 6.07) is -0.236. The van der Waals surface area contributed by atoms with Crippen LogP contribution in [-0.4, -0.2) is 408 Å². The Morgan fingerprint density at radius 1 is 0.445 bits per heavy atom. The van der Waals surface area contributed by atoms with E-state index in [0.717, 1.165) is 0 Å². The second-order valence-electron chi connectivity index (χ2n) is 35.2. The number of benzene rings is 2. The molecule has 4 aliphatic rings. The van der Waals surface area contributed by atoms with E-state index in [-0.39, 0.29) is 220 Å². The standard InChI is InChI=1S/C92H139N23O29S2/c1-3-4-15-61(102-71(119)26-25-70(118)98-28-11-40-142-42-44-144-45-43-143-41-12-29-99-73(121)50-110-32-34-111(51-75(124)125)36-38-113(53-77(128)129)39-37-112(35-33-110)52-76(126)127)84(134)108-66(90(140)115-31-10-18-68(115)91(141)114-30-9-17-67(114)81(95)131)55-146-79-78(88(138)109-89(79)139)145-54-65(107-86(136)63(47-57-13-6-5-7-14-57)105-85(135)62(23-24-69(93)117)103-72(120)46-56(2)116)87(137)106-64(48-74(122)123)83(133)101-49-58-19-21-59(22-20-58)82(132)104-60(80(94)130)16-8-27-100-92(96)97/h5-7,13-14,19-22,56,60-68,116H,3-4,8-12,15-18,23-55H2,1-2H3,(H2,93,117)(H2,94,130)(H2,95,131)(H,98,118)(H,99,121)(H,101,133)(H,102,119)(H,103,120)(H,104,132)(H,105,135)(H,106,137)(H,107,136)(H,108,134)(H,122,123)(H,124,125)(H,126,127)(H,128,129)(H4,96,97,100)(H,109,138,139)/t56-,60+,61+,62+,63+,64+,65+,66+,67+,68+/m1/s1. The van der Waals surface area contributed by atoms with Gasteiger partial charge in [-0.15, -0.1) is 23.5 Å². The molecule has 4 aliphatic heterocycles. The minimum absolute atomic E-state index is 0.0136. The molecular weight excluding hydrogens is 1960 g/mol. The van der Waals surface area contributed by atoms with Crippen molar-refractivity contribution in [2.75, 3.05) is 162 Å². The first-order chi connectivity index (χ1) is 69.6. The molecule has 0 spiro atoms. The lowest BCUT2D eigenvalue weighted by molar-refractivity contribution is -0.147. The average molecular weight is 2100 g/mol. The van der Waals surface area contributed by atoms with E-state index in [1.807, 2.05) is 4.90 Å². The van der Waals surface area contributed by atoms with Crippen molar-refractivity contribution in [2.24, 2.45) is 22.9 Å². The van der Waals surface area contributed by atoms with Gasteiger partial charge in [0.25, 0.3) is 17.7 Å². The molecular formula is C92H139N23O29S2. The van der Waals surface area contributed by atoms with E-state index in [2.05, 4.69) is 63.8 Å². The maximum atomic E-state index is 15.3. The van der Waals surface area contributed by atoms with Crippen LogP contribution in [0, 0.1) is 5.41 Å². The van der Waals surface area contributed by atoms with Crippen LogP contribution in [-0.2, 0) is 123 Å². The topological polar surface area (TPSA) is 779 Å². The summed E-state index contributed by atoms with van der Waals surface area (Å²) in [5.74, 6) is -21.4. The first-order valence-corrected chi connectivity index (χ1v) is 50.2. The van der Waals surface area contributed by atoms with Crippen molar-refractivity contribution < 1.29 is 140 Å². The second kappa shape index (κ2) is 65.4. The summed E-state index contributed by atoms with van der Waals surface area (Å²) in [5, 5.41) is 86.5. The van der Waals surface area contributed by atoms with E-state index in [9.17, 15) is 112 Å². The Balaban J connectivity index is 1.12. The van der Waals surface area contributed by atoms with E-state index in [4.69, 9.17) is 42.6 Å². The minimum atomic E-state index is -2.00. The van der Waals surface area contributed by atoms with E-state index in [0.29, 0.717) is 73.4 Å². The number of unbranched alkanes of at least 4 members (excludes halogenated alkanes) is 1. The van der Waals surface area contributed by atoms with E-state index >= 15 is 14.4 Å². The highest BCUT2D eigenvalue weighted by molar-refractivity contribution is 8.08. The molecule has 146 heavy (non-hydrogen) atoms. The number of nitrogens with zero attached hydrogens (tertiary/aromatic N) is 6. The molecule has 808 valence electrons. The molecule has 3 saturated heterocycles. The molecule has 3 fully saturated rings. The van der Waals surface area contributed by atoms with Gasteiger partial charge in [0.2, 0.25) is 82.7 Å². The number of ether oxygens (including phenoxy) is 3. The number of amides is 17. The van der Waals surface area contributed by atoms with Crippen molar-refractivity contribution in [3.05, 3.63) is 81.1 Å². The zero-order valence-corrected chi connectivity index (χ0v) is 83.6. The maximum absolute atomic E-state index is 15.3. The number of guanidine groups is 1. The van der Waals surface area contributed by atoms with Gasteiger partial charge in [-0.05, 0) is 94.4 Å². The predicted molar refractivity (Wildman–Crippen MR) is 525 cm³/mol. The van der Waals surface area contributed by atoms with Crippen LogP contribution >= 0.6 is 23.5 Å². The van der Waals surface area contributed by atoms with Crippen molar-refractivity contribution in [3.8, 4) is 0 Å². The van der Waals surface area contributed by atoms with Gasteiger partial charge in [-0.1, -0.05) is 62.2 Å². The number of thioether (sulfide) groups is 2. The van der Waals surface area contributed by atoms with Gasteiger partial charge in [-0.3, -0.25) is 131 Å². The molecule has 52 nitrogen and oxygen atoms in total. The van der Waals surface area contributed by atoms with Gasteiger partial charge in [0, 0.05) is 148 Å². The van der Waals surface area contributed by atoms with Crippen LogP contribution in [0.5, 0.6) is 0 Å². The quantitative estimate of drug-likeness (QED) is 0.0127. The number of aliphatic hydroxyl groups is 1. The van der Waals surface area contributed by atoms with Crippen molar-refractivity contribution in [2.45, 2.75) is 196 Å². The molecule has 0 unspecified atom stereocenters. The highest BCUT2D eigenvalue weighted by atomic mass is 32.2. The normalized spacial score (nSPS) is 17.1. The number of primary amides is 3. The van der Waals surface area contributed by atoms with Gasteiger partial charge >= 0.3 is 23.9 Å². The molecule has 2 aromatic rings. The van der Waals surface area contributed by atoms with Crippen LogP contribution in [0.4, 0.5) is 0 Å². The van der Waals surface area contributed by atoms with Crippen molar-refractivity contribution in [3.63, 3.8) is 0 Å². The van der Waals surface area contributed by atoms with Crippen molar-refractivity contribution >= 4 is 154 Å². The summed E-state index contributed by atoms with van der Waals surface area (Å²) in [6.45, 7) is 5.93. The smallest absolute Gasteiger partial charge is 0.317 e. The van der Waals surface area contributed by atoms with Crippen LogP contribution in [0.25, 0.3) is 0 Å². The van der Waals surface area contributed by atoms with Crippen LogP contribution in [0.15, 0.2) is 64.4 Å². The molecule has 0 radical (unpaired) electrons. The Kier molecular flexibility index (Phi) is 54.5. The van der Waals surface area contributed by atoms with Crippen LogP contribution in [0.2, 0.25) is 0 Å². The molecule has 26 N–H and O–H groups in total. The zero-order valence-electron chi connectivity index (χ0n) is 81.9. The fraction of sp³-hybridized carbons (Fsp3) is 0.609. The molecule has 4 heterocycles. The number of imide groups is 1. The number of nitrogens with one attached hydrogen (secondary N) is 13. The maximum Gasteiger partial charge on any atom is 0.317 e. The molecule has 17 amide bonds.